The van der Waals surface area contributed by atoms with Gasteiger partial charge < -0.3 is 30.3 Å². The van der Waals surface area contributed by atoms with Crippen LogP contribution in [-0.2, 0) is 17.1 Å². The van der Waals surface area contributed by atoms with Gasteiger partial charge in [-0.15, -0.1) is 0 Å². The fourth-order valence-electron chi connectivity index (χ4n) is 0.791. The number of aryl methyl sites for hydroxylation is 1. The molecular weight excluding hydrogens is 252 g/mol. The van der Waals surface area contributed by atoms with Gasteiger partial charge in [0.15, 0.2) is 0 Å². The maximum absolute atomic E-state index is 2.31. The molecule has 0 amide bonds. The van der Waals surface area contributed by atoms with Crippen molar-refractivity contribution in [3.63, 3.8) is 0 Å². The molecule has 0 saturated carbocycles. The average molecular weight is 274 g/mol. The normalized spacial score (nSPS) is 8.06. The summed E-state index contributed by atoms with van der Waals surface area (Å²) in [6, 6.07) is 18.2. The molecule has 0 unspecified atom stereocenters. The summed E-state index contributed by atoms with van der Waals surface area (Å²) < 4.78 is 0. The first-order chi connectivity index (χ1) is 7.13. The molecule has 0 spiro atoms. The van der Waals surface area contributed by atoms with Crippen LogP contribution in [0.2, 0.25) is 19.6 Å². The van der Waals surface area contributed by atoms with Gasteiger partial charge in [-0.05, 0) is 0 Å². The van der Waals surface area contributed by atoms with E-state index in [9.17, 15) is 0 Å². The second-order valence-electron chi connectivity index (χ2n) is 4.16. The zero-order valence-electron chi connectivity index (χ0n) is 10.6. The van der Waals surface area contributed by atoms with Gasteiger partial charge in [0.25, 0.3) is 0 Å². The molecular formula is C14H22FeSi-6. The molecule has 0 nitrogen and oxygen atoms in total. The molecule has 2 aromatic rings. The van der Waals surface area contributed by atoms with Crippen LogP contribution in [0.3, 0.4) is 0 Å². The first kappa shape index (κ1) is 17.8. The van der Waals surface area contributed by atoms with Gasteiger partial charge in [0.1, 0.15) is 0 Å². The number of hydrogen-bond donors (Lipinski definition) is 0. The Balaban J connectivity index is 0. The summed E-state index contributed by atoms with van der Waals surface area (Å²) in [4.78, 5) is 0. The Morgan fingerprint density at radius 1 is 0.812 bits per heavy atom. The summed E-state index contributed by atoms with van der Waals surface area (Å²) >= 11 is 0. The molecule has 0 N–H and O–H groups in total. The Morgan fingerprint density at radius 2 is 1.06 bits per heavy atom. The Bertz CT molecular complexity index is 262. The minimum Gasteiger partial charge on any atom is -0.748 e. The molecule has 0 atom stereocenters. The van der Waals surface area contributed by atoms with Gasteiger partial charge in [-0.25, -0.2) is 12.1 Å². The molecule has 0 aliphatic rings. The van der Waals surface area contributed by atoms with Crippen LogP contribution in [0, 0.1) is 6.92 Å². The van der Waals surface area contributed by atoms with E-state index >= 15 is 0 Å². The average Bonchev–Trinajstić information content (AvgIpc) is 2.75. The zero-order valence-corrected chi connectivity index (χ0v) is 12.9. The van der Waals surface area contributed by atoms with Gasteiger partial charge in [-0.1, -0.05) is 26.6 Å². The van der Waals surface area contributed by atoms with Crippen LogP contribution in [0.1, 0.15) is 5.56 Å². The summed E-state index contributed by atoms with van der Waals surface area (Å²) in [5, 5.41) is 0. The molecule has 0 bridgehead atoms. The van der Waals surface area contributed by atoms with Crippen LogP contribution < -0.4 is 0 Å². The molecule has 0 aromatic heterocycles. The van der Waals surface area contributed by atoms with Gasteiger partial charge in [-0.3, -0.25) is 0 Å². The van der Waals surface area contributed by atoms with E-state index < -0.39 is 0 Å². The summed E-state index contributed by atoms with van der Waals surface area (Å²) in [7, 11) is -0.139. The topological polar surface area (TPSA) is 0 Å². The Labute approximate surface area is 113 Å². The van der Waals surface area contributed by atoms with Crippen molar-refractivity contribution in [1.29, 1.82) is 0 Å². The monoisotopic (exact) mass is 274 g/mol. The van der Waals surface area contributed by atoms with Crippen molar-refractivity contribution in [2.45, 2.75) is 26.6 Å². The molecule has 16 heavy (non-hydrogen) atoms. The second-order valence-corrected chi connectivity index (χ2v) is 7.62. The van der Waals surface area contributed by atoms with Gasteiger partial charge in [0, 0.05) is 25.9 Å². The molecule has 0 heterocycles. The predicted molar refractivity (Wildman–Crippen MR) is 73.5 cm³/mol. The summed E-state index contributed by atoms with van der Waals surface area (Å²) in [6.45, 7) is 9.00. The molecule has 0 fully saturated rings. The van der Waals surface area contributed by atoms with E-state index in [2.05, 4.69) is 38.7 Å². The van der Waals surface area contributed by atoms with Crippen LogP contribution >= 0.6 is 0 Å². The molecule has 2 rings (SSSR count). The SMILES string of the molecule is C[SiH](C)C.C[c-]1cccc1.[Fe].[cH-]1[cH-][cH-][cH-][cH-]1. The van der Waals surface area contributed by atoms with E-state index in [-0.39, 0.29) is 25.9 Å². The summed E-state index contributed by atoms with van der Waals surface area (Å²) in [5.74, 6) is 0. The summed E-state index contributed by atoms with van der Waals surface area (Å²) in [5.41, 5.74) is 1.34. The van der Waals surface area contributed by atoms with Crippen molar-refractivity contribution in [1.82, 2.24) is 0 Å². The predicted octanol–water partition coefficient (Wildman–Crippen LogP) is 4.22. The Hall–Kier alpha value is -0.564. The molecule has 2 aromatic carbocycles. The first-order valence-corrected chi connectivity index (χ1v) is 8.94. The molecule has 0 radical (unpaired) electrons. The van der Waals surface area contributed by atoms with E-state index in [1.165, 1.54) is 5.56 Å². The van der Waals surface area contributed by atoms with Crippen LogP contribution in [-0.4, -0.2) is 8.80 Å². The largest absolute Gasteiger partial charge is 0.748 e. The van der Waals surface area contributed by atoms with Gasteiger partial charge in [0.05, 0.1) is 0 Å². The van der Waals surface area contributed by atoms with Gasteiger partial charge in [-0.2, -0.15) is 17.7 Å². The molecule has 2 heteroatoms. The van der Waals surface area contributed by atoms with E-state index in [1.807, 2.05) is 42.5 Å². The van der Waals surface area contributed by atoms with Crippen molar-refractivity contribution in [2.75, 3.05) is 0 Å². The van der Waals surface area contributed by atoms with Crippen molar-refractivity contribution < 1.29 is 17.1 Å². The fraction of sp³-hybridized carbons (Fsp3) is 0.286. The summed E-state index contributed by atoms with van der Waals surface area (Å²) in [6.07, 6.45) is 0. The molecule has 96 valence electrons. The smallest absolute Gasteiger partial charge is 0.0274 e. The Kier molecular flexibility index (Phi) is 13.9. The second kappa shape index (κ2) is 12.5. The third-order valence-electron chi connectivity index (χ3n) is 1.38. The Morgan fingerprint density at radius 3 is 1.19 bits per heavy atom. The molecule has 0 aliphatic heterocycles. The van der Waals surface area contributed by atoms with Crippen molar-refractivity contribution in [2.24, 2.45) is 0 Å². The maximum atomic E-state index is 2.31. The quantitative estimate of drug-likeness (QED) is 0.498. The van der Waals surface area contributed by atoms with E-state index in [0.29, 0.717) is 0 Å². The van der Waals surface area contributed by atoms with E-state index in [0.717, 1.165) is 0 Å². The maximum Gasteiger partial charge on any atom is 0.0274 e. The number of rotatable bonds is 0. The van der Waals surface area contributed by atoms with Crippen molar-refractivity contribution in [3.05, 3.63) is 60.2 Å². The standard InChI is InChI=1S/C6H7.C5H5.C3H10Si.Fe/c1-6-4-2-3-5-6;1-2-4-5-3-1;1-4(2)3;/h2-5H,1H3;1-5H;4H,1-3H3;/q-1;-5;;. The molecule has 0 aliphatic carbocycles. The minimum absolute atomic E-state index is 0. The van der Waals surface area contributed by atoms with Crippen LogP contribution in [0.4, 0.5) is 0 Å². The minimum atomic E-state index is -0.139. The van der Waals surface area contributed by atoms with E-state index in [1.54, 1.807) is 0 Å². The van der Waals surface area contributed by atoms with Crippen molar-refractivity contribution >= 4 is 8.80 Å². The third kappa shape index (κ3) is 15.9. The van der Waals surface area contributed by atoms with Gasteiger partial charge >= 0.3 is 0 Å². The van der Waals surface area contributed by atoms with Gasteiger partial charge in [0.2, 0.25) is 0 Å². The first-order valence-electron chi connectivity index (χ1n) is 5.48. The third-order valence-corrected chi connectivity index (χ3v) is 1.38. The van der Waals surface area contributed by atoms with Crippen LogP contribution in [0.15, 0.2) is 54.6 Å². The number of hydrogen-bond acceptors (Lipinski definition) is 0. The molecule has 0 saturated heterocycles. The fourth-order valence-corrected chi connectivity index (χ4v) is 0.791. The van der Waals surface area contributed by atoms with Crippen molar-refractivity contribution in [3.8, 4) is 0 Å². The zero-order chi connectivity index (χ0) is 11.5. The van der Waals surface area contributed by atoms with Crippen LogP contribution in [0.25, 0.3) is 0 Å². The van der Waals surface area contributed by atoms with Crippen LogP contribution in [0.5, 0.6) is 0 Å². The van der Waals surface area contributed by atoms with E-state index in [4.69, 9.17) is 0 Å².